The Hall–Kier alpha value is -4.47. The van der Waals surface area contributed by atoms with Gasteiger partial charge in [0.2, 0.25) is 0 Å². The Balaban J connectivity index is 1.34. The zero-order valence-corrected chi connectivity index (χ0v) is 24.8. The molecule has 0 amide bonds. The lowest BCUT2D eigenvalue weighted by molar-refractivity contribution is -0.384. The smallest absolute Gasteiger partial charge is 0.269 e. The highest BCUT2D eigenvalue weighted by molar-refractivity contribution is 7.99. The molecule has 3 heterocycles. The molecule has 2 unspecified atom stereocenters. The van der Waals surface area contributed by atoms with Gasteiger partial charge in [-0.3, -0.25) is 15.1 Å². The minimum atomic E-state index is -0.385. The summed E-state index contributed by atoms with van der Waals surface area (Å²) in [6, 6.07) is 33.4. The Labute approximate surface area is 254 Å². The zero-order chi connectivity index (χ0) is 29.2. The van der Waals surface area contributed by atoms with E-state index in [4.69, 9.17) is 17.2 Å². The van der Waals surface area contributed by atoms with Gasteiger partial charge in [-0.1, -0.05) is 48.2 Å². The van der Waals surface area contributed by atoms with E-state index < -0.39 is 0 Å². The summed E-state index contributed by atoms with van der Waals surface area (Å²) in [4.78, 5) is 19.5. The Bertz CT molecular complexity index is 1720. The van der Waals surface area contributed by atoms with Crippen LogP contribution >= 0.6 is 24.0 Å². The average Bonchev–Trinajstić information content (AvgIpc) is 3.49. The highest BCUT2D eigenvalue weighted by Crippen LogP contribution is 2.44. The SMILES string of the molecule is Cc1cc(C2C(c3ccccn3)NC(=S)N2c2ccc(Sc3ccc([N+](=O)[O-])cc3)cc2)c(C)n1Cc1ccccc1. The summed E-state index contributed by atoms with van der Waals surface area (Å²) < 4.78 is 2.36. The number of nitro groups is 1. The van der Waals surface area contributed by atoms with Gasteiger partial charge < -0.3 is 14.8 Å². The van der Waals surface area contributed by atoms with Crippen molar-refractivity contribution < 1.29 is 4.92 Å². The molecular formula is C33H29N5O2S2. The van der Waals surface area contributed by atoms with Crippen LogP contribution in [0.3, 0.4) is 0 Å². The van der Waals surface area contributed by atoms with Gasteiger partial charge in [0, 0.05) is 51.7 Å². The second-order valence-electron chi connectivity index (χ2n) is 10.2. The lowest BCUT2D eigenvalue weighted by atomic mass is 9.96. The molecule has 42 heavy (non-hydrogen) atoms. The molecule has 1 aliphatic rings. The van der Waals surface area contributed by atoms with Crippen molar-refractivity contribution in [1.82, 2.24) is 14.9 Å². The number of rotatable bonds is 8. The molecule has 3 aromatic carbocycles. The van der Waals surface area contributed by atoms with Crippen LogP contribution in [-0.4, -0.2) is 19.6 Å². The van der Waals surface area contributed by atoms with Gasteiger partial charge in [0.1, 0.15) is 0 Å². The molecular weight excluding hydrogens is 563 g/mol. The van der Waals surface area contributed by atoms with Crippen molar-refractivity contribution in [3.05, 3.63) is 148 Å². The van der Waals surface area contributed by atoms with E-state index >= 15 is 0 Å². The van der Waals surface area contributed by atoms with E-state index in [0.717, 1.165) is 27.7 Å². The number of aryl methyl sites for hydroxylation is 1. The van der Waals surface area contributed by atoms with Gasteiger partial charge in [0.25, 0.3) is 5.69 Å². The van der Waals surface area contributed by atoms with E-state index in [-0.39, 0.29) is 22.7 Å². The summed E-state index contributed by atoms with van der Waals surface area (Å²) in [6.07, 6.45) is 1.82. The van der Waals surface area contributed by atoms with Crippen LogP contribution in [0, 0.1) is 24.0 Å². The number of non-ortho nitro benzene ring substituents is 1. The number of hydrogen-bond acceptors (Lipinski definition) is 5. The van der Waals surface area contributed by atoms with E-state index in [1.165, 1.54) is 34.6 Å². The molecule has 9 heteroatoms. The Morgan fingerprint density at radius 3 is 2.24 bits per heavy atom. The summed E-state index contributed by atoms with van der Waals surface area (Å²) in [5, 5.41) is 15.2. The zero-order valence-electron chi connectivity index (χ0n) is 23.2. The third-order valence-electron chi connectivity index (χ3n) is 7.61. The summed E-state index contributed by atoms with van der Waals surface area (Å²) >= 11 is 7.52. The van der Waals surface area contributed by atoms with Gasteiger partial charge in [-0.05, 0) is 91.8 Å². The highest BCUT2D eigenvalue weighted by atomic mass is 32.2. The van der Waals surface area contributed by atoms with Crippen molar-refractivity contribution in [2.75, 3.05) is 4.90 Å². The first-order valence-electron chi connectivity index (χ1n) is 13.6. The second-order valence-corrected chi connectivity index (χ2v) is 11.8. The number of anilines is 1. The number of hydrogen-bond donors (Lipinski definition) is 1. The number of nitro benzene ring substituents is 1. The van der Waals surface area contributed by atoms with E-state index in [0.29, 0.717) is 5.11 Å². The number of nitrogens with one attached hydrogen (secondary N) is 1. The van der Waals surface area contributed by atoms with Gasteiger partial charge in [0.05, 0.1) is 22.7 Å². The Kier molecular flexibility index (Phi) is 7.78. The highest BCUT2D eigenvalue weighted by Gasteiger charge is 2.42. The molecule has 1 N–H and O–H groups in total. The Morgan fingerprint density at radius 1 is 0.929 bits per heavy atom. The predicted octanol–water partition coefficient (Wildman–Crippen LogP) is 7.78. The number of benzene rings is 3. The fourth-order valence-corrected chi connectivity index (χ4v) is 6.69. The first kappa shape index (κ1) is 27.7. The molecule has 0 radical (unpaired) electrons. The van der Waals surface area contributed by atoms with E-state index in [1.807, 2.05) is 30.5 Å². The number of thiocarbonyl (C=S) groups is 1. The predicted molar refractivity (Wildman–Crippen MR) is 171 cm³/mol. The van der Waals surface area contributed by atoms with E-state index in [2.05, 4.69) is 83.2 Å². The minimum Gasteiger partial charge on any atom is -0.351 e. The van der Waals surface area contributed by atoms with Gasteiger partial charge in [-0.2, -0.15) is 0 Å². The topological polar surface area (TPSA) is 76.2 Å². The molecule has 1 aliphatic heterocycles. The van der Waals surface area contributed by atoms with Crippen LogP contribution in [0.15, 0.2) is 119 Å². The van der Waals surface area contributed by atoms with E-state index in [9.17, 15) is 10.1 Å². The molecule has 1 saturated heterocycles. The summed E-state index contributed by atoms with van der Waals surface area (Å²) in [5.41, 5.74) is 6.85. The normalized spacial score (nSPS) is 16.4. The van der Waals surface area contributed by atoms with E-state index in [1.54, 1.807) is 23.9 Å². The summed E-state index contributed by atoms with van der Waals surface area (Å²) in [6.45, 7) is 5.14. The first-order chi connectivity index (χ1) is 20.4. The molecule has 0 saturated carbocycles. The molecule has 7 nitrogen and oxygen atoms in total. The van der Waals surface area contributed by atoms with Gasteiger partial charge in [0.15, 0.2) is 5.11 Å². The van der Waals surface area contributed by atoms with Gasteiger partial charge >= 0.3 is 0 Å². The van der Waals surface area contributed by atoms with Crippen LogP contribution in [0.2, 0.25) is 0 Å². The third kappa shape index (κ3) is 5.53. The maximum absolute atomic E-state index is 11.0. The van der Waals surface area contributed by atoms with Crippen molar-refractivity contribution in [1.29, 1.82) is 0 Å². The molecule has 0 spiro atoms. The minimum absolute atomic E-state index is 0.0846. The summed E-state index contributed by atoms with van der Waals surface area (Å²) in [7, 11) is 0. The number of nitrogens with zero attached hydrogens (tertiary/aromatic N) is 4. The Morgan fingerprint density at radius 2 is 1.60 bits per heavy atom. The quantitative estimate of drug-likeness (QED) is 0.112. The molecule has 2 atom stereocenters. The lowest BCUT2D eigenvalue weighted by Crippen LogP contribution is -2.29. The van der Waals surface area contributed by atoms with Crippen molar-refractivity contribution in [3.63, 3.8) is 0 Å². The van der Waals surface area contributed by atoms with Gasteiger partial charge in [-0.25, -0.2) is 0 Å². The van der Waals surface area contributed by atoms with Gasteiger partial charge in [-0.15, -0.1) is 0 Å². The lowest BCUT2D eigenvalue weighted by Gasteiger charge is -2.28. The fraction of sp³-hybridized carbons (Fsp3) is 0.152. The van der Waals surface area contributed by atoms with Crippen LogP contribution in [-0.2, 0) is 6.54 Å². The van der Waals surface area contributed by atoms with Crippen LogP contribution < -0.4 is 10.2 Å². The number of pyridine rings is 1. The molecule has 0 aliphatic carbocycles. The maximum Gasteiger partial charge on any atom is 0.269 e. The molecule has 2 aromatic heterocycles. The fourth-order valence-electron chi connectivity index (χ4n) is 5.53. The monoisotopic (exact) mass is 591 g/mol. The van der Waals surface area contributed by atoms with Crippen LogP contribution in [0.1, 0.15) is 40.3 Å². The maximum atomic E-state index is 11.0. The van der Waals surface area contributed by atoms with Crippen LogP contribution in [0.4, 0.5) is 11.4 Å². The van der Waals surface area contributed by atoms with Crippen LogP contribution in [0.5, 0.6) is 0 Å². The largest absolute Gasteiger partial charge is 0.351 e. The standard InChI is InChI=1S/C33H29N5O2S2/c1-22-20-29(23(2)36(22)21-24-8-4-3-5-9-24)32-31(30-10-6-7-19-34-30)35-33(41)37(32)25-11-15-27(16-12-25)42-28-17-13-26(14-18-28)38(39)40/h3-20,31-32H,21H2,1-2H3,(H,35,41). The van der Waals surface area contributed by atoms with Crippen molar-refractivity contribution in [2.45, 2.75) is 42.3 Å². The molecule has 210 valence electrons. The molecule has 6 rings (SSSR count). The molecule has 0 bridgehead atoms. The van der Waals surface area contributed by atoms with Crippen molar-refractivity contribution >= 4 is 40.5 Å². The number of aromatic nitrogens is 2. The van der Waals surface area contributed by atoms with Crippen LogP contribution in [0.25, 0.3) is 0 Å². The molecule has 1 fully saturated rings. The summed E-state index contributed by atoms with van der Waals surface area (Å²) in [5.74, 6) is 0. The average molecular weight is 592 g/mol. The third-order valence-corrected chi connectivity index (χ3v) is 8.94. The first-order valence-corrected chi connectivity index (χ1v) is 14.8. The molecule has 5 aromatic rings. The van der Waals surface area contributed by atoms with Crippen molar-refractivity contribution in [3.8, 4) is 0 Å². The second kappa shape index (κ2) is 11.8. The van der Waals surface area contributed by atoms with Crippen molar-refractivity contribution in [2.24, 2.45) is 0 Å².